The molecule has 0 spiro atoms. The van der Waals surface area contributed by atoms with E-state index in [4.69, 9.17) is 28.9 Å². The number of hydrogen-bond acceptors (Lipinski definition) is 2. The van der Waals surface area contributed by atoms with Crippen LogP contribution in [-0.2, 0) is 6.54 Å². The first-order valence-electron chi connectivity index (χ1n) is 6.54. The first-order chi connectivity index (χ1) is 9.97. The predicted octanol–water partition coefficient (Wildman–Crippen LogP) is 3.94. The first kappa shape index (κ1) is 15.8. The number of nitrogens with two attached hydrogens (primary N) is 1. The average molecular weight is 323 g/mol. The molecular weight excluding hydrogens is 307 g/mol. The minimum atomic E-state index is -0.425. The fraction of sp³-hybridized carbons (Fsp3) is 0.188. The normalized spacial score (nSPS) is 12.1. The van der Waals surface area contributed by atoms with E-state index in [0.29, 0.717) is 22.2 Å². The highest BCUT2D eigenvalue weighted by atomic mass is 35.5. The highest BCUT2D eigenvalue weighted by Crippen LogP contribution is 2.26. The van der Waals surface area contributed by atoms with Crippen molar-refractivity contribution in [3.8, 4) is 0 Å². The van der Waals surface area contributed by atoms with Crippen molar-refractivity contribution in [2.24, 2.45) is 5.73 Å². The van der Waals surface area contributed by atoms with Crippen LogP contribution in [0.3, 0.4) is 0 Å². The van der Waals surface area contributed by atoms with Gasteiger partial charge in [-0.15, -0.1) is 0 Å². The number of benzene rings is 2. The maximum Gasteiger partial charge on any atom is 0.248 e. The zero-order valence-corrected chi connectivity index (χ0v) is 13.1. The van der Waals surface area contributed by atoms with Crippen molar-refractivity contribution in [1.29, 1.82) is 0 Å². The number of hydrogen-bond donors (Lipinski definition) is 2. The van der Waals surface area contributed by atoms with Gasteiger partial charge in [0.05, 0.1) is 0 Å². The molecule has 2 aromatic rings. The molecule has 0 bridgehead atoms. The second-order valence-corrected chi connectivity index (χ2v) is 5.68. The Morgan fingerprint density at radius 3 is 2.67 bits per heavy atom. The summed E-state index contributed by atoms with van der Waals surface area (Å²) in [7, 11) is 0. The molecule has 0 aliphatic carbocycles. The molecule has 110 valence electrons. The molecule has 3 nitrogen and oxygen atoms in total. The van der Waals surface area contributed by atoms with Crippen LogP contribution in [0.5, 0.6) is 0 Å². The fourth-order valence-electron chi connectivity index (χ4n) is 2.07. The lowest BCUT2D eigenvalue weighted by molar-refractivity contribution is 0.1000. The van der Waals surface area contributed by atoms with Crippen LogP contribution in [-0.4, -0.2) is 5.91 Å². The topological polar surface area (TPSA) is 55.1 Å². The summed E-state index contributed by atoms with van der Waals surface area (Å²) in [6, 6.07) is 12.7. The molecular formula is C16H16Cl2N2O. The van der Waals surface area contributed by atoms with Gasteiger partial charge in [-0.1, -0.05) is 41.4 Å². The summed E-state index contributed by atoms with van der Waals surface area (Å²) in [6.07, 6.45) is 0. The molecule has 0 aliphatic heterocycles. The van der Waals surface area contributed by atoms with Crippen LogP contribution in [0.1, 0.15) is 34.5 Å². The molecule has 0 fully saturated rings. The van der Waals surface area contributed by atoms with Gasteiger partial charge in [-0.2, -0.15) is 0 Å². The van der Waals surface area contributed by atoms with Gasteiger partial charge < -0.3 is 11.1 Å². The van der Waals surface area contributed by atoms with Crippen molar-refractivity contribution in [3.05, 3.63) is 69.2 Å². The van der Waals surface area contributed by atoms with Gasteiger partial charge in [0.25, 0.3) is 0 Å². The zero-order valence-electron chi connectivity index (χ0n) is 11.6. The fourth-order valence-corrected chi connectivity index (χ4v) is 2.64. The minimum Gasteiger partial charge on any atom is -0.366 e. The molecule has 5 heteroatoms. The molecule has 1 atom stereocenters. The van der Waals surface area contributed by atoms with E-state index in [1.54, 1.807) is 18.2 Å². The van der Waals surface area contributed by atoms with E-state index in [-0.39, 0.29) is 6.04 Å². The van der Waals surface area contributed by atoms with Crippen molar-refractivity contribution in [2.45, 2.75) is 19.5 Å². The van der Waals surface area contributed by atoms with Crippen LogP contribution in [0, 0.1) is 0 Å². The summed E-state index contributed by atoms with van der Waals surface area (Å²) in [5, 5.41) is 4.61. The molecule has 2 rings (SSSR count). The Labute approximate surface area is 134 Å². The number of halogens is 2. The number of primary amides is 1. The predicted molar refractivity (Wildman–Crippen MR) is 86.7 cm³/mol. The Morgan fingerprint density at radius 1 is 1.24 bits per heavy atom. The summed E-state index contributed by atoms with van der Waals surface area (Å²) < 4.78 is 0. The van der Waals surface area contributed by atoms with Gasteiger partial charge in [-0.25, -0.2) is 0 Å². The molecule has 0 radical (unpaired) electrons. The van der Waals surface area contributed by atoms with Crippen LogP contribution in [0.15, 0.2) is 42.5 Å². The SMILES string of the molecule is CC(NCc1cccc(C(N)=O)c1)c1ccc(Cl)cc1Cl. The van der Waals surface area contributed by atoms with Crippen LogP contribution in [0.2, 0.25) is 10.0 Å². The number of carbonyl (C=O) groups excluding carboxylic acids is 1. The number of carbonyl (C=O) groups is 1. The lowest BCUT2D eigenvalue weighted by Gasteiger charge is -2.16. The highest BCUT2D eigenvalue weighted by Gasteiger charge is 2.10. The number of amides is 1. The summed E-state index contributed by atoms with van der Waals surface area (Å²) in [5.41, 5.74) is 7.75. The van der Waals surface area contributed by atoms with Gasteiger partial charge in [0, 0.05) is 28.2 Å². The summed E-state index contributed by atoms with van der Waals surface area (Å²) in [4.78, 5) is 11.2. The Kier molecular flexibility index (Phi) is 5.23. The smallest absolute Gasteiger partial charge is 0.248 e. The molecule has 0 saturated carbocycles. The molecule has 21 heavy (non-hydrogen) atoms. The van der Waals surface area contributed by atoms with E-state index < -0.39 is 5.91 Å². The molecule has 1 amide bonds. The molecule has 3 N–H and O–H groups in total. The van der Waals surface area contributed by atoms with Gasteiger partial charge in [-0.3, -0.25) is 4.79 Å². The standard InChI is InChI=1S/C16H16Cl2N2O/c1-10(14-6-5-13(17)8-15(14)18)20-9-11-3-2-4-12(7-11)16(19)21/h2-8,10,20H,9H2,1H3,(H2,19,21). The van der Waals surface area contributed by atoms with Crippen LogP contribution in [0.25, 0.3) is 0 Å². The summed E-state index contributed by atoms with van der Waals surface area (Å²) in [6.45, 7) is 2.63. The molecule has 0 aliphatic rings. The first-order valence-corrected chi connectivity index (χ1v) is 7.30. The largest absolute Gasteiger partial charge is 0.366 e. The second kappa shape index (κ2) is 6.94. The maximum absolute atomic E-state index is 11.2. The number of nitrogens with one attached hydrogen (secondary N) is 1. The summed E-state index contributed by atoms with van der Waals surface area (Å²) in [5.74, 6) is -0.425. The van der Waals surface area contributed by atoms with Crippen molar-refractivity contribution in [1.82, 2.24) is 5.32 Å². The van der Waals surface area contributed by atoms with E-state index in [0.717, 1.165) is 11.1 Å². The third kappa shape index (κ3) is 4.21. The van der Waals surface area contributed by atoms with Gasteiger partial charge in [0.2, 0.25) is 5.91 Å². The monoisotopic (exact) mass is 322 g/mol. The zero-order chi connectivity index (χ0) is 15.4. The van der Waals surface area contributed by atoms with E-state index in [1.807, 2.05) is 31.2 Å². The van der Waals surface area contributed by atoms with Gasteiger partial charge in [0.1, 0.15) is 0 Å². The van der Waals surface area contributed by atoms with E-state index >= 15 is 0 Å². The van der Waals surface area contributed by atoms with Crippen LogP contribution >= 0.6 is 23.2 Å². The quantitative estimate of drug-likeness (QED) is 0.875. The van der Waals surface area contributed by atoms with Gasteiger partial charge >= 0.3 is 0 Å². The van der Waals surface area contributed by atoms with Crippen molar-refractivity contribution in [2.75, 3.05) is 0 Å². The van der Waals surface area contributed by atoms with E-state index in [1.165, 1.54) is 0 Å². The second-order valence-electron chi connectivity index (χ2n) is 4.83. The van der Waals surface area contributed by atoms with Gasteiger partial charge in [-0.05, 0) is 42.3 Å². The molecule has 2 aromatic carbocycles. The Hall–Kier alpha value is -1.55. The van der Waals surface area contributed by atoms with Crippen molar-refractivity contribution in [3.63, 3.8) is 0 Å². The maximum atomic E-state index is 11.2. The molecule has 0 heterocycles. The molecule has 1 unspecified atom stereocenters. The third-order valence-electron chi connectivity index (χ3n) is 3.25. The Balaban J connectivity index is 2.05. The molecule has 0 aromatic heterocycles. The number of rotatable bonds is 5. The Bertz CT molecular complexity index is 658. The van der Waals surface area contributed by atoms with E-state index in [9.17, 15) is 4.79 Å². The van der Waals surface area contributed by atoms with Crippen molar-refractivity contribution < 1.29 is 4.79 Å². The highest BCUT2D eigenvalue weighted by molar-refractivity contribution is 6.35. The van der Waals surface area contributed by atoms with Crippen LogP contribution in [0.4, 0.5) is 0 Å². The Morgan fingerprint density at radius 2 is 2.00 bits per heavy atom. The lowest BCUT2D eigenvalue weighted by atomic mass is 10.1. The van der Waals surface area contributed by atoms with Gasteiger partial charge in [0.15, 0.2) is 0 Å². The third-order valence-corrected chi connectivity index (χ3v) is 3.82. The van der Waals surface area contributed by atoms with Crippen molar-refractivity contribution >= 4 is 29.1 Å². The minimum absolute atomic E-state index is 0.0620. The van der Waals surface area contributed by atoms with Crippen LogP contribution < -0.4 is 11.1 Å². The summed E-state index contributed by atoms with van der Waals surface area (Å²) >= 11 is 12.1. The molecule has 0 saturated heterocycles. The lowest BCUT2D eigenvalue weighted by Crippen LogP contribution is -2.19. The van der Waals surface area contributed by atoms with E-state index in [2.05, 4.69) is 5.32 Å². The average Bonchev–Trinajstić information content (AvgIpc) is 2.45.